The number of fused-ring (bicyclic) bond motifs is 2. The third-order valence-electron chi connectivity index (χ3n) is 7.28. The second-order valence-electron chi connectivity index (χ2n) is 10.5. The van der Waals surface area contributed by atoms with Gasteiger partial charge in [0, 0.05) is 6.42 Å². The van der Waals surface area contributed by atoms with Crippen molar-refractivity contribution in [3.8, 4) is 0 Å². The first-order chi connectivity index (χ1) is 12.8. The molecule has 0 bridgehead atoms. The highest BCUT2D eigenvalue weighted by atomic mass is 28.4. The number of aliphatic hydroxyl groups is 1. The first-order valence-corrected chi connectivity index (χ1v) is 14.8. The molecule has 3 unspecified atom stereocenters. The standard InChI is InChI=1S/C24H38O2Si/c1-5-6-16-7-9-17(10-8-16)18-11-19-13-21-15-23(26-27(2,3)4)24(25)22(21)14-20(19)12-18/h13-14,16-18,23-25H,5-12,15H2,1-4H3. The zero-order chi connectivity index (χ0) is 19.2. The van der Waals surface area contributed by atoms with Crippen LogP contribution in [0, 0.1) is 17.8 Å². The molecule has 150 valence electrons. The summed E-state index contributed by atoms with van der Waals surface area (Å²) in [6.45, 7) is 8.96. The van der Waals surface area contributed by atoms with Crippen LogP contribution in [0.3, 0.4) is 0 Å². The smallest absolute Gasteiger partial charge is 0.184 e. The van der Waals surface area contributed by atoms with Gasteiger partial charge in [-0.3, -0.25) is 0 Å². The Labute approximate surface area is 166 Å². The molecular weight excluding hydrogens is 348 g/mol. The number of benzene rings is 1. The topological polar surface area (TPSA) is 29.5 Å². The van der Waals surface area contributed by atoms with Gasteiger partial charge < -0.3 is 9.53 Å². The van der Waals surface area contributed by atoms with Gasteiger partial charge in [0.05, 0.1) is 6.10 Å². The monoisotopic (exact) mass is 386 g/mol. The maximum absolute atomic E-state index is 10.8. The highest BCUT2D eigenvalue weighted by molar-refractivity contribution is 6.69. The van der Waals surface area contributed by atoms with E-state index >= 15 is 0 Å². The molecule has 1 fully saturated rings. The van der Waals surface area contributed by atoms with Crippen LogP contribution in [0.4, 0.5) is 0 Å². The van der Waals surface area contributed by atoms with Crippen LogP contribution in [0.1, 0.15) is 73.8 Å². The van der Waals surface area contributed by atoms with Crippen molar-refractivity contribution in [3.05, 3.63) is 34.4 Å². The molecule has 1 aromatic rings. The van der Waals surface area contributed by atoms with Crippen molar-refractivity contribution in [1.82, 2.24) is 0 Å². The lowest BCUT2D eigenvalue weighted by molar-refractivity contribution is 0.0445. The summed E-state index contributed by atoms with van der Waals surface area (Å²) >= 11 is 0. The van der Waals surface area contributed by atoms with Crippen molar-refractivity contribution >= 4 is 8.32 Å². The number of hydrogen-bond donors (Lipinski definition) is 1. The average Bonchev–Trinajstić information content (AvgIpc) is 3.14. The Hall–Kier alpha value is -0.643. The van der Waals surface area contributed by atoms with E-state index < -0.39 is 14.4 Å². The van der Waals surface area contributed by atoms with E-state index in [-0.39, 0.29) is 6.10 Å². The molecule has 0 heterocycles. The van der Waals surface area contributed by atoms with E-state index in [1.165, 1.54) is 62.5 Å². The Morgan fingerprint density at radius 2 is 1.59 bits per heavy atom. The summed E-state index contributed by atoms with van der Waals surface area (Å²) in [6.07, 6.45) is 11.5. The number of rotatable bonds is 5. The maximum Gasteiger partial charge on any atom is 0.184 e. The van der Waals surface area contributed by atoms with Crippen molar-refractivity contribution in [2.24, 2.45) is 17.8 Å². The highest BCUT2D eigenvalue weighted by Gasteiger charge is 2.38. The van der Waals surface area contributed by atoms with Crippen molar-refractivity contribution < 1.29 is 9.53 Å². The Morgan fingerprint density at radius 1 is 0.926 bits per heavy atom. The summed E-state index contributed by atoms with van der Waals surface area (Å²) in [5.74, 6) is 2.77. The summed E-state index contributed by atoms with van der Waals surface area (Å²) in [7, 11) is -1.63. The molecule has 0 amide bonds. The van der Waals surface area contributed by atoms with E-state index in [9.17, 15) is 5.11 Å². The number of aliphatic hydroxyl groups excluding tert-OH is 1. The minimum atomic E-state index is -1.63. The van der Waals surface area contributed by atoms with Crippen LogP contribution in [0.15, 0.2) is 12.1 Å². The van der Waals surface area contributed by atoms with Crippen LogP contribution in [-0.2, 0) is 23.7 Å². The second-order valence-corrected chi connectivity index (χ2v) is 14.9. The van der Waals surface area contributed by atoms with Gasteiger partial charge in [0.25, 0.3) is 0 Å². The normalized spacial score (nSPS) is 33.1. The molecule has 2 nitrogen and oxygen atoms in total. The minimum absolute atomic E-state index is 0.0289. The lowest BCUT2D eigenvalue weighted by atomic mass is 9.74. The molecule has 3 aliphatic rings. The molecule has 1 N–H and O–H groups in total. The van der Waals surface area contributed by atoms with E-state index in [4.69, 9.17) is 4.43 Å². The quantitative estimate of drug-likeness (QED) is 0.646. The molecule has 27 heavy (non-hydrogen) atoms. The van der Waals surface area contributed by atoms with E-state index in [2.05, 4.69) is 38.7 Å². The van der Waals surface area contributed by atoms with E-state index in [0.29, 0.717) is 0 Å². The summed E-state index contributed by atoms with van der Waals surface area (Å²) in [5, 5.41) is 10.8. The Balaban J connectivity index is 1.41. The predicted molar refractivity (Wildman–Crippen MR) is 115 cm³/mol. The summed E-state index contributed by atoms with van der Waals surface area (Å²) < 4.78 is 6.26. The molecule has 0 saturated heterocycles. The summed E-state index contributed by atoms with van der Waals surface area (Å²) in [5.41, 5.74) is 5.58. The van der Waals surface area contributed by atoms with Crippen molar-refractivity contribution in [1.29, 1.82) is 0 Å². The van der Waals surface area contributed by atoms with Gasteiger partial charge in [-0.15, -0.1) is 0 Å². The van der Waals surface area contributed by atoms with Crippen LogP contribution in [-0.4, -0.2) is 19.5 Å². The van der Waals surface area contributed by atoms with Gasteiger partial charge in [0.1, 0.15) is 6.10 Å². The largest absolute Gasteiger partial charge is 0.411 e. The molecule has 0 aromatic heterocycles. The Morgan fingerprint density at radius 3 is 2.22 bits per heavy atom. The van der Waals surface area contributed by atoms with Crippen molar-refractivity contribution in [2.45, 2.75) is 96.6 Å². The van der Waals surface area contributed by atoms with Crippen LogP contribution in [0.5, 0.6) is 0 Å². The molecule has 3 aliphatic carbocycles. The zero-order valence-corrected chi connectivity index (χ0v) is 18.8. The molecule has 0 spiro atoms. The van der Waals surface area contributed by atoms with Crippen molar-refractivity contribution in [3.63, 3.8) is 0 Å². The fraction of sp³-hybridized carbons (Fsp3) is 0.750. The fourth-order valence-electron chi connectivity index (χ4n) is 6.01. The highest BCUT2D eigenvalue weighted by Crippen LogP contribution is 2.44. The molecule has 1 saturated carbocycles. The van der Waals surface area contributed by atoms with Gasteiger partial charge in [-0.1, -0.05) is 44.7 Å². The third-order valence-corrected chi connectivity index (χ3v) is 8.29. The summed E-state index contributed by atoms with van der Waals surface area (Å²) in [6, 6.07) is 4.76. The first kappa shape index (κ1) is 19.7. The van der Waals surface area contributed by atoms with Crippen LogP contribution in [0.2, 0.25) is 19.6 Å². The van der Waals surface area contributed by atoms with Crippen LogP contribution >= 0.6 is 0 Å². The van der Waals surface area contributed by atoms with Gasteiger partial charge in [0.15, 0.2) is 8.32 Å². The maximum atomic E-state index is 10.8. The van der Waals surface area contributed by atoms with Crippen LogP contribution < -0.4 is 0 Å². The van der Waals surface area contributed by atoms with Gasteiger partial charge in [0.2, 0.25) is 0 Å². The average molecular weight is 387 g/mol. The fourth-order valence-corrected chi connectivity index (χ4v) is 7.13. The van der Waals surface area contributed by atoms with Gasteiger partial charge in [-0.05, 0) is 85.3 Å². The number of hydrogen-bond acceptors (Lipinski definition) is 2. The van der Waals surface area contributed by atoms with Gasteiger partial charge >= 0.3 is 0 Å². The minimum Gasteiger partial charge on any atom is -0.411 e. The molecule has 4 rings (SSSR count). The Bertz CT molecular complexity index is 670. The lowest BCUT2D eigenvalue weighted by Gasteiger charge is -2.32. The molecule has 1 aromatic carbocycles. The van der Waals surface area contributed by atoms with E-state index in [0.717, 1.165) is 29.7 Å². The van der Waals surface area contributed by atoms with E-state index in [1.54, 1.807) is 5.56 Å². The van der Waals surface area contributed by atoms with Gasteiger partial charge in [-0.2, -0.15) is 0 Å². The Kier molecular flexibility index (Phi) is 5.57. The molecule has 0 aliphatic heterocycles. The SMILES string of the molecule is CCCC1CCC(C2Cc3cc4c(cc3C2)C(O)C(O[Si](C)(C)C)C4)CC1. The first-order valence-electron chi connectivity index (χ1n) is 11.3. The van der Waals surface area contributed by atoms with E-state index in [1.807, 2.05) is 0 Å². The third kappa shape index (κ3) is 4.20. The zero-order valence-electron chi connectivity index (χ0n) is 17.8. The lowest BCUT2D eigenvalue weighted by Crippen LogP contribution is -2.34. The summed E-state index contributed by atoms with van der Waals surface area (Å²) in [4.78, 5) is 0. The second kappa shape index (κ2) is 7.65. The predicted octanol–water partition coefficient (Wildman–Crippen LogP) is 5.82. The molecular formula is C24H38O2Si. The van der Waals surface area contributed by atoms with Crippen molar-refractivity contribution in [2.75, 3.05) is 0 Å². The van der Waals surface area contributed by atoms with Crippen LogP contribution in [0.25, 0.3) is 0 Å². The molecule has 0 radical (unpaired) electrons. The molecule has 3 heteroatoms. The van der Waals surface area contributed by atoms with Gasteiger partial charge in [-0.25, -0.2) is 0 Å². The molecule has 3 atom stereocenters.